The van der Waals surface area contributed by atoms with Gasteiger partial charge in [0.2, 0.25) is 0 Å². The Balaban J connectivity index is 1.75. The molecule has 168 valence electrons. The number of nitro groups is 2. The van der Waals surface area contributed by atoms with Gasteiger partial charge in [-0.3, -0.25) is 25.7 Å². The highest BCUT2D eigenvalue weighted by atomic mass is 16.6. The SMILES string of the molecule is CCOc1ccc(N=Nc2ccc(O)c(/C=N/Nc3ccc([N+](=O)[O-])cc3[N+](=O)[O-])c2)cc1. The molecule has 0 bridgehead atoms. The molecule has 33 heavy (non-hydrogen) atoms. The van der Waals surface area contributed by atoms with Crippen LogP contribution in [0, 0.1) is 20.2 Å². The van der Waals surface area contributed by atoms with Gasteiger partial charge in [-0.1, -0.05) is 0 Å². The average molecular weight is 450 g/mol. The molecule has 2 N–H and O–H groups in total. The molecule has 0 radical (unpaired) electrons. The van der Waals surface area contributed by atoms with Gasteiger partial charge in [0.15, 0.2) is 0 Å². The Kier molecular flexibility index (Phi) is 7.21. The number of nitrogens with zero attached hydrogens (tertiary/aromatic N) is 5. The first-order chi connectivity index (χ1) is 15.9. The van der Waals surface area contributed by atoms with E-state index in [1.807, 2.05) is 6.92 Å². The van der Waals surface area contributed by atoms with Gasteiger partial charge < -0.3 is 9.84 Å². The Morgan fingerprint density at radius 3 is 2.33 bits per heavy atom. The van der Waals surface area contributed by atoms with Crippen LogP contribution in [-0.2, 0) is 0 Å². The molecule has 0 saturated carbocycles. The number of aromatic hydroxyl groups is 1. The predicted molar refractivity (Wildman–Crippen MR) is 121 cm³/mol. The van der Waals surface area contributed by atoms with E-state index >= 15 is 0 Å². The van der Waals surface area contributed by atoms with Crippen LogP contribution in [0.2, 0.25) is 0 Å². The maximum Gasteiger partial charge on any atom is 0.301 e. The summed E-state index contributed by atoms with van der Waals surface area (Å²) >= 11 is 0. The van der Waals surface area contributed by atoms with Crippen LogP contribution in [0.1, 0.15) is 12.5 Å². The number of phenolic OH excluding ortho intramolecular Hbond substituents is 1. The third-order valence-electron chi connectivity index (χ3n) is 4.22. The normalized spacial score (nSPS) is 11.1. The first kappa shape index (κ1) is 22.8. The fourth-order valence-corrected chi connectivity index (χ4v) is 2.65. The lowest BCUT2D eigenvalue weighted by Crippen LogP contribution is -1.98. The van der Waals surface area contributed by atoms with Gasteiger partial charge in [-0.15, -0.1) is 0 Å². The van der Waals surface area contributed by atoms with E-state index in [4.69, 9.17) is 4.74 Å². The third-order valence-corrected chi connectivity index (χ3v) is 4.22. The summed E-state index contributed by atoms with van der Waals surface area (Å²) in [6.07, 6.45) is 1.23. The Hall–Kier alpha value is -4.87. The lowest BCUT2D eigenvalue weighted by Gasteiger charge is -2.03. The number of nitro benzene ring substituents is 2. The highest BCUT2D eigenvalue weighted by Gasteiger charge is 2.19. The first-order valence-corrected chi connectivity index (χ1v) is 9.57. The van der Waals surface area contributed by atoms with E-state index in [2.05, 4.69) is 20.8 Å². The molecule has 0 spiro atoms. The van der Waals surface area contributed by atoms with E-state index in [0.29, 0.717) is 18.0 Å². The molecule has 0 heterocycles. The number of nitrogens with one attached hydrogen (secondary N) is 1. The topological polar surface area (TPSA) is 165 Å². The zero-order valence-corrected chi connectivity index (χ0v) is 17.3. The molecule has 0 aromatic heterocycles. The van der Waals surface area contributed by atoms with Gasteiger partial charge in [0.05, 0.1) is 40.1 Å². The van der Waals surface area contributed by atoms with Gasteiger partial charge in [-0.25, -0.2) is 0 Å². The number of azo groups is 1. The number of hydrogen-bond donors (Lipinski definition) is 2. The molecule has 0 aliphatic heterocycles. The number of ether oxygens (including phenoxy) is 1. The molecule has 12 heteroatoms. The number of hydrazone groups is 1. The first-order valence-electron chi connectivity index (χ1n) is 9.57. The van der Waals surface area contributed by atoms with Crippen molar-refractivity contribution in [3.8, 4) is 11.5 Å². The molecule has 0 aliphatic carbocycles. The van der Waals surface area contributed by atoms with Crippen molar-refractivity contribution in [1.29, 1.82) is 0 Å². The van der Waals surface area contributed by atoms with Gasteiger partial charge in [0.1, 0.15) is 17.2 Å². The Morgan fingerprint density at radius 2 is 1.67 bits per heavy atom. The maximum atomic E-state index is 11.2. The second kappa shape index (κ2) is 10.4. The molecule has 0 unspecified atom stereocenters. The summed E-state index contributed by atoms with van der Waals surface area (Å²) < 4.78 is 5.37. The van der Waals surface area contributed by atoms with Crippen molar-refractivity contribution in [3.05, 3.63) is 86.5 Å². The standard InChI is InChI=1S/C21H18N6O6/c1-2-33-18-7-3-15(4-8-18)23-24-16-5-10-21(28)14(11-16)13-22-25-19-9-6-17(26(29)30)12-20(19)27(31)32/h3-13,25,28H,2H2,1H3/b22-13+,24-23?. The predicted octanol–water partition coefficient (Wildman–Crippen LogP) is 5.47. The van der Waals surface area contributed by atoms with Crippen LogP contribution >= 0.6 is 0 Å². The number of anilines is 1. The van der Waals surface area contributed by atoms with Crippen LogP contribution in [-0.4, -0.2) is 27.8 Å². The minimum Gasteiger partial charge on any atom is -0.507 e. The fourth-order valence-electron chi connectivity index (χ4n) is 2.65. The van der Waals surface area contributed by atoms with Crippen molar-refractivity contribution in [2.24, 2.45) is 15.3 Å². The number of phenols is 1. The lowest BCUT2D eigenvalue weighted by atomic mass is 10.2. The van der Waals surface area contributed by atoms with E-state index in [1.165, 1.54) is 24.4 Å². The quantitative estimate of drug-likeness (QED) is 0.189. The Labute approximate surface area is 187 Å². The van der Waals surface area contributed by atoms with Crippen LogP contribution in [0.3, 0.4) is 0 Å². The zero-order chi connectivity index (χ0) is 23.8. The Morgan fingerprint density at radius 1 is 0.970 bits per heavy atom. The van der Waals surface area contributed by atoms with Crippen molar-refractivity contribution >= 4 is 34.7 Å². The van der Waals surface area contributed by atoms with Gasteiger partial charge >= 0.3 is 5.69 Å². The molecule has 0 amide bonds. The second-order valence-corrected chi connectivity index (χ2v) is 6.46. The smallest absolute Gasteiger partial charge is 0.301 e. The molecule has 0 saturated heterocycles. The van der Waals surface area contributed by atoms with Gasteiger partial charge in [0.25, 0.3) is 5.69 Å². The van der Waals surface area contributed by atoms with Crippen molar-refractivity contribution in [3.63, 3.8) is 0 Å². The summed E-state index contributed by atoms with van der Waals surface area (Å²) in [5.41, 5.74) is 2.79. The van der Waals surface area contributed by atoms with Crippen molar-refractivity contribution in [2.45, 2.75) is 6.92 Å². The summed E-state index contributed by atoms with van der Waals surface area (Å²) in [5.74, 6) is 0.624. The van der Waals surface area contributed by atoms with Crippen LogP contribution in [0.4, 0.5) is 28.4 Å². The minimum absolute atomic E-state index is 0.0484. The second-order valence-electron chi connectivity index (χ2n) is 6.46. The van der Waals surface area contributed by atoms with Crippen LogP contribution in [0.5, 0.6) is 11.5 Å². The lowest BCUT2D eigenvalue weighted by molar-refractivity contribution is -0.393. The van der Waals surface area contributed by atoms with Crippen molar-refractivity contribution in [2.75, 3.05) is 12.0 Å². The van der Waals surface area contributed by atoms with E-state index < -0.39 is 21.2 Å². The number of hydrogen-bond acceptors (Lipinski definition) is 10. The zero-order valence-electron chi connectivity index (χ0n) is 17.3. The Bertz CT molecular complexity index is 1230. The van der Waals surface area contributed by atoms with Crippen LogP contribution < -0.4 is 10.2 Å². The van der Waals surface area contributed by atoms with Crippen LogP contribution in [0.15, 0.2) is 76.0 Å². The maximum absolute atomic E-state index is 11.2. The highest BCUT2D eigenvalue weighted by molar-refractivity contribution is 5.85. The molecule has 0 aliphatic rings. The molecule has 0 atom stereocenters. The third kappa shape index (κ3) is 6.07. The number of rotatable bonds is 9. The molecule has 12 nitrogen and oxygen atoms in total. The summed E-state index contributed by atoms with van der Waals surface area (Å²) in [6, 6.07) is 14.6. The van der Waals surface area contributed by atoms with Crippen molar-refractivity contribution in [1.82, 2.24) is 0 Å². The molecular weight excluding hydrogens is 432 g/mol. The largest absolute Gasteiger partial charge is 0.507 e. The minimum atomic E-state index is -0.760. The highest BCUT2D eigenvalue weighted by Crippen LogP contribution is 2.29. The van der Waals surface area contributed by atoms with E-state index in [9.17, 15) is 25.3 Å². The number of benzene rings is 3. The molecule has 3 aromatic rings. The molecule has 3 aromatic carbocycles. The van der Waals surface area contributed by atoms with Gasteiger partial charge in [-0.05, 0) is 55.5 Å². The van der Waals surface area contributed by atoms with Crippen molar-refractivity contribution < 1.29 is 19.7 Å². The average Bonchev–Trinajstić information content (AvgIpc) is 2.80. The summed E-state index contributed by atoms with van der Waals surface area (Å²) in [6.45, 7) is 2.45. The summed E-state index contributed by atoms with van der Waals surface area (Å²) in [4.78, 5) is 20.5. The van der Waals surface area contributed by atoms with Gasteiger partial charge in [-0.2, -0.15) is 15.3 Å². The summed E-state index contributed by atoms with van der Waals surface area (Å²) in [5, 5.41) is 44.2. The van der Waals surface area contributed by atoms with E-state index in [-0.39, 0.29) is 17.0 Å². The summed E-state index contributed by atoms with van der Waals surface area (Å²) in [7, 11) is 0. The molecular formula is C21H18N6O6. The van der Waals surface area contributed by atoms with E-state index in [0.717, 1.165) is 17.9 Å². The molecule has 3 rings (SSSR count). The fraction of sp³-hybridized carbons (Fsp3) is 0.0952. The van der Waals surface area contributed by atoms with Crippen LogP contribution in [0.25, 0.3) is 0 Å². The monoisotopic (exact) mass is 450 g/mol. The van der Waals surface area contributed by atoms with Gasteiger partial charge in [0, 0.05) is 11.6 Å². The molecule has 0 fully saturated rings. The van der Waals surface area contributed by atoms with E-state index in [1.54, 1.807) is 30.3 Å². The number of non-ortho nitro benzene ring substituents is 1.